The summed E-state index contributed by atoms with van der Waals surface area (Å²) in [5, 5.41) is 24.6. The summed E-state index contributed by atoms with van der Waals surface area (Å²) >= 11 is 1.10. The number of rotatable bonds is 7. The van der Waals surface area contributed by atoms with Gasteiger partial charge in [0, 0.05) is 30.4 Å². The third kappa shape index (κ3) is 5.22. The molecule has 0 radical (unpaired) electrons. The molecular formula is C22H28N5O2S-. The first-order valence-electron chi connectivity index (χ1n) is 10.9. The topological polar surface area (TPSA) is 86.4 Å². The lowest BCUT2D eigenvalue weighted by Gasteiger charge is -2.28. The number of carbonyl (C=O) groups is 1. The van der Waals surface area contributed by atoms with E-state index in [1.807, 2.05) is 0 Å². The van der Waals surface area contributed by atoms with E-state index in [4.69, 9.17) is 0 Å². The molecule has 2 aliphatic rings. The smallest absolute Gasteiger partial charge is 0.212 e. The summed E-state index contributed by atoms with van der Waals surface area (Å²) in [6.07, 6.45) is 11.4. The van der Waals surface area contributed by atoms with Crippen LogP contribution in [0.3, 0.4) is 0 Å². The maximum Gasteiger partial charge on any atom is 0.212 e. The van der Waals surface area contributed by atoms with Crippen LogP contribution in [0.2, 0.25) is 0 Å². The lowest BCUT2D eigenvalue weighted by molar-refractivity contribution is -0.301. The van der Waals surface area contributed by atoms with Crippen LogP contribution in [0.5, 0.6) is 0 Å². The van der Waals surface area contributed by atoms with E-state index >= 15 is 0 Å². The van der Waals surface area contributed by atoms with Crippen LogP contribution in [0, 0.1) is 0 Å². The Morgan fingerprint density at radius 3 is 2.47 bits per heavy atom. The van der Waals surface area contributed by atoms with Gasteiger partial charge in [0.1, 0.15) is 0 Å². The third-order valence-corrected chi connectivity index (χ3v) is 6.76. The zero-order valence-electron chi connectivity index (χ0n) is 17.2. The van der Waals surface area contributed by atoms with Crippen molar-refractivity contribution in [1.29, 1.82) is 0 Å². The second kappa shape index (κ2) is 10.1. The fourth-order valence-corrected chi connectivity index (χ4v) is 4.87. The maximum atomic E-state index is 10.9. The van der Waals surface area contributed by atoms with E-state index in [0.717, 1.165) is 49.1 Å². The number of hydrogen-bond donors (Lipinski definition) is 0. The van der Waals surface area contributed by atoms with Crippen molar-refractivity contribution in [3.8, 4) is 0 Å². The molecule has 1 aliphatic heterocycles. The fourth-order valence-electron chi connectivity index (χ4n) is 4.26. The summed E-state index contributed by atoms with van der Waals surface area (Å²) in [5.74, 6) is -0.131. The monoisotopic (exact) mass is 426 g/mol. The average Bonchev–Trinajstić information content (AvgIpc) is 3.20. The van der Waals surface area contributed by atoms with Gasteiger partial charge in [-0.15, -0.1) is 10.2 Å². The highest BCUT2D eigenvalue weighted by Gasteiger charge is 2.23. The van der Waals surface area contributed by atoms with Crippen LogP contribution in [-0.2, 0) is 4.79 Å². The van der Waals surface area contributed by atoms with Crippen LogP contribution in [0.4, 0.5) is 5.69 Å². The van der Waals surface area contributed by atoms with Gasteiger partial charge in [0.2, 0.25) is 5.16 Å². The van der Waals surface area contributed by atoms with Gasteiger partial charge in [-0.2, -0.15) is 9.78 Å². The van der Waals surface area contributed by atoms with Crippen molar-refractivity contribution < 1.29 is 9.90 Å². The quantitative estimate of drug-likeness (QED) is 0.500. The molecule has 4 rings (SSSR count). The number of anilines is 1. The van der Waals surface area contributed by atoms with Gasteiger partial charge in [-0.05, 0) is 49.8 Å². The molecule has 1 aliphatic carbocycles. The molecule has 1 aromatic carbocycles. The highest BCUT2D eigenvalue weighted by molar-refractivity contribution is 7.99. The Morgan fingerprint density at radius 2 is 1.77 bits per heavy atom. The minimum absolute atomic E-state index is 0.164. The summed E-state index contributed by atoms with van der Waals surface area (Å²) in [5.41, 5.74) is 2.25. The number of aromatic nitrogens is 3. The van der Waals surface area contributed by atoms with Gasteiger partial charge >= 0.3 is 0 Å². The number of nitrogens with zero attached hydrogens (tertiary/aromatic N) is 5. The van der Waals surface area contributed by atoms with Crippen molar-refractivity contribution in [2.75, 3.05) is 23.7 Å². The predicted molar refractivity (Wildman–Crippen MR) is 117 cm³/mol. The molecule has 30 heavy (non-hydrogen) atoms. The van der Waals surface area contributed by atoms with Crippen molar-refractivity contribution in [2.45, 2.75) is 62.4 Å². The van der Waals surface area contributed by atoms with Crippen molar-refractivity contribution in [2.24, 2.45) is 5.10 Å². The Labute approximate surface area is 181 Å². The Balaban J connectivity index is 1.53. The van der Waals surface area contributed by atoms with Crippen molar-refractivity contribution >= 4 is 29.6 Å². The molecule has 160 valence electrons. The number of thioether (sulfide) groups is 1. The first kappa shape index (κ1) is 20.9. The first-order chi connectivity index (χ1) is 14.7. The van der Waals surface area contributed by atoms with Gasteiger partial charge in [0.05, 0.1) is 12.2 Å². The van der Waals surface area contributed by atoms with E-state index in [-0.39, 0.29) is 5.75 Å². The molecule has 0 N–H and O–H groups in total. The molecule has 1 saturated heterocycles. The van der Waals surface area contributed by atoms with Crippen LogP contribution < -0.4 is 10.0 Å². The van der Waals surface area contributed by atoms with Crippen molar-refractivity contribution in [3.63, 3.8) is 0 Å². The van der Waals surface area contributed by atoms with Crippen LogP contribution in [-0.4, -0.2) is 45.9 Å². The molecule has 0 atom stereocenters. The highest BCUT2D eigenvalue weighted by Crippen LogP contribution is 2.33. The van der Waals surface area contributed by atoms with Crippen molar-refractivity contribution in [1.82, 2.24) is 14.9 Å². The molecular weight excluding hydrogens is 398 g/mol. The van der Waals surface area contributed by atoms with Crippen LogP contribution in [0.25, 0.3) is 0 Å². The molecule has 2 aromatic rings. The number of hydrogen-bond acceptors (Lipinski definition) is 7. The third-order valence-electron chi connectivity index (χ3n) is 5.86. The van der Waals surface area contributed by atoms with E-state index in [0.29, 0.717) is 11.1 Å². The molecule has 7 nitrogen and oxygen atoms in total. The van der Waals surface area contributed by atoms with Gasteiger partial charge in [-0.25, -0.2) is 0 Å². The van der Waals surface area contributed by atoms with E-state index in [1.54, 1.807) is 10.9 Å². The molecule has 1 saturated carbocycles. The first-order valence-corrected chi connectivity index (χ1v) is 11.9. The molecule has 2 fully saturated rings. The zero-order valence-corrected chi connectivity index (χ0v) is 18.0. The Morgan fingerprint density at radius 1 is 1.07 bits per heavy atom. The molecule has 1 aromatic heterocycles. The molecule has 0 unspecified atom stereocenters. The average molecular weight is 427 g/mol. The Kier molecular flexibility index (Phi) is 7.04. The van der Waals surface area contributed by atoms with Gasteiger partial charge in [0.15, 0.2) is 5.82 Å². The van der Waals surface area contributed by atoms with Crippen LogP contribution in [0.1, 0.15) is 68.7 Å². The summed E-state index contributed by atoms with van der Waals surface area (Å²) in [6.45, 7) is 2.25. The van der Waals surface area contributed by atoms with Gasteiger partial charge < -0.3 is 14.8 Å². The summed E-state index contributed by atoms with van der Waals surface area (Å²) < 4.78 is 1.72. The summed E-state index contributed by atoms with van der Waals surface area (Å²) in [7, 11) is 0. The number of carbonyl (C=O) groups excluding carboxylic acids is 1. The minimum atomic E-state index is -1.12. The van der Waals surface area contributed by atoms with E-state index in [9.17, 15) is 9.90 Å². The van der Waals surface area contributed by atoms with E-state index < -0.39 is 5.97 Å². The summed E-state index contributed by atoms with van der Waals surface area (Å²) in [6, 6.07) is 8.44. The van der Waals surface area contributed by atoms with Gasteiger partial charge in [0.25, 0.3) is 0 Å². The summed E-state index contributed by atoms with van der Waals surface area (Å²) in [4.78, 5) is 13.3. The van der Waals surface area contributed by atoms with E-state index in [2.05, 4.69) is 44.5 Å². The number of aliphatic carboxylic acids is 1. The van der Waals surface area contributed by atoms with Crippen LogP contribution >= 0.6 is 11.8 Å². The standard InChI is InChI=1S/C22H29N5O2S/c28-20(29)16-30-22-25-24-21(18-7-3-1-4-8-18)27(22)23-15-17-9-11-19(12-10-17)26-13-5-2-6-14-26/h9-12,15,18H,1-8,13-14,16H2,(H,28,29)/p-1/b23-15-. The number of carboxylic acids is 1. The number of benzene rings is 1. The number of piperidine rings is 1. The molecule has 0 bridgehead atoms. The second-order valence-electron chi connectivity index (χ2n) is 8.03. The SMILES string of the molecule is O=C([O-])CSc1nnc(C2CCCCC2)n1/N=C\c1ccc(N2CCCCC2)cc1. The molecule has 0 amide bonds. The molecule has 2 heterocycles. The minimum Gasteiger partial charge on any atom is -0.549 e. The zero-order chi connectivity index (χ0) is 20.8. The lowest BCUT2D eigenvalue weighted by Crippen LogP contribution is -2.29. The van der Waals surface area contributed by atoms with Crippen molar-refractivity contribution in [3.05, 3.63) is 35.7 Å². The maximum absolute atomic E-state index is 10.9. The highest BCUT2D eigenvalue weighted by atomic mass is 32.2. The van der Waals surface area contributed by atoms with Gasteiger partial charge in [-0.3, -0.25) is 0 Å². The fraction of sp³-hybridized carbons (Fsp3) is 0.545. The van der Waals surface area contributed by atoms with E-state index in [1.165, 1.54) is 44.2 Å². The normalized spacial score (nSPS) is 18.2. The Hall–Kier alpha value is -2.35. The van der Waals surface area contributed by atoms with Crippen LogP contribution in [0.15, 0.2) is 34.5 Å². The lowest BCUT2D eigenvalue weighted by atomic mass is 9.89. The number of carboxylic acid groups (broad SMARTS) is 1. The molecule has 0 spiro atoms. The largest absolute Gasteiger partial charge is 0.549 e. The second-order valence-corrected chi connectivity index (χ2v) is 8.97. The molecule has 8 heteroatoms. The van der Waals surface area contributed by atoms with Gasteiger partial charge in [-0.1, -0.05) is 43.2 Å². The predicted octanol–water partition coefficient (Wildman–Crippen LogP) is 3.04. The Bertz CT molecular complexity index is 868.